The molecule has 7 nitrogen and oxygen atoms in total. The van der Waals surface area contributed by atoms with Crippen molar-refractivity contribution in [2.75, 3.05) is 36.4 Å². The van der Waals surface area contributed by atoms with Crippen LogP contribution < -0.4 is 15.5 Å². The van der Waals surface area contributed by atoms with Crippen LogP contribution in [0.1, 0.15) is 16.2 Å². The number of piperazine rings is 1. The molecule has 3 heterocycles. The van der Waals surface area contributed by atoms with Gasteiger partial charge in [-0.25, -0.2) is 4.98 Å². The summed E-state index contributed by atoms with van der Waals surface area (Å²) in [6.45, 7) is 5.64. The van der Waals surface area contributed by atoms with Gasteiger partial charge < -0.3 is 20.1 Å². The monoisotopic (exact) mass is 323 g/mol. The average molecular weight is 324 g/mol. The summed E-state index contributed by atoms with van der Waals surface area (Å²) in [5.74, 6) is 0.325. The molecule has 1 fully saturated rings. The molecule has 2 N–H and O–H groups in total. The lowest BCUT2D eigenvalue weighted by Gasteiger charge is -2.29. The Morgan fingerprint density at radius 1 is 1.36 bits per heavy atom. The Balaban J connectivity index is 0.00000176. The summed E-state index contributed by atoms with van der Waals surface area (Å²) < 4.78 is 4.91. The van der Waals surface area contributed by atoms with E-state index in [2.05, 4.69) is 25.7 Å². The van der Waals surface area contributed by atoms with E-state index in [1.54, 1.807) is 25.3 Å². The lowest BCUT2D eigenvalue weighted by Crippen LogP contribution is -2.43. The molecule has 0 spiro atoms. The zero-order chi connectivity index (χ0) is 14.7. The Morgan fingerprint density at radius 3 is 2.73 bits per heavy atom. The number of pyridine rings is 1. The number of anilines is 2. The number of halogens is 1. The molecule has 8 heteroatoms. The van der Waals surface area contributed by atoms with Crippen molar-refractivity contribution in [1.29, 1.82) is 0 Å². The molecule has 0 aliphatic carbocycles. The predicted octanol–water partition coefficient (Wildman–Crippen LogP) is 1.46. The largest absolute Gasteiger partial charge is 0.368 e. The first kappa shape index (κ1) is 16.3. The van der Waals surface area contributed by atoms with Crippen molar-refractivity contribution in [2.24, 2.45) is 0 Å². The summed E-state index contributed by atoms with van der Waals surface area (Å²) >= 11 is 0. The Hall–Kier alpha value is -2.12. The molecule has 22 heavy (non-hydrogen) atoms. The van der Waals surface area contributed by atoms with Gasteiger partial charge in [-0.15, -0.1) is 12.4 Å². The molecule has 0 atom stereocenters. The van der Waals surface area contributed by atoms with E-state index in [1.807, 2.05) is 6.07 Å². The summed E-state index contributed by atoms with van der Waals surface area (Å²) in [4.78, 5) is 18.4. The fourth-order valence-electron chi connectivity index (χ4n) is 2.22. The van der Waals surface area contributed by atoms with Crippen molar-refractivity contribution in [3.8, 4) is 0 Å². The molecule has 1 aliphatic heterocycles. The Bertz CT molecular complexity index is 622. The van der Waals surface area contributed by atoms with Crippen LogP contribution >= 0.6 is 12.4 Å². The maximum Gasteiger partial charge on any atom is 0.295 e. The lowest BCUT2D eigenvalue weighted by atomic mass is 10.3. The topological polar surface area (TPSA) is 83.3 Å². The van der Waals surface area contributed by atoms with E-state index in [0.717, 1.165) is 31.9 Å². The smallest absolute Gasteiger partial charge is 0.295 e. The number of hydrogen-bond donors (Lipinski definition) is 2. The van der Waals surface area contributed by atoms with Crippen molar-refractivity contribution in [1.82, 2.24) is 15.5 Å². The van der Waals surface area contributed by atoms with Crippen LogP contribution in [-0.2, 0) is 0 Å². The highest BCUT2D eigenvalue weighted by Gasteiger charge is 2.14. The third-order valence-electron chi connectivity index (χ3n) is 3.32. The molecule has 0 bridgehead atoms. The second-order valence-electron chi connectivity index (χ2n) is 4.93. The number of aromatic nitrogens is 2. The minimum atomic E-state index is -0.349. The Morgan fingerprint density at radius 2 is 2.14 bits per heavy atom. The minimum Gasteiger partial charge on any atom is -0.368 e. The fraction of sp³-hybridized carbons (Fsp3) is 0.357. The minimum absolute atomic E-state index is 0. The number of nitrogens with one attached hydrogen (secondary N) is 2. The van der Waals surface area contributed by atoms with Crippen molar-refractivity contribution in [3.63, 3.8) is 0 Å². The fourth-order valence-corrected chi connectivity index (χ4v) is 2.22. The maximum absolute atomic E-state index is 11.9. The van der Waals surface area contributed by atoms with E-state index in [9.17, 15) is 4.79 Å². The van der Waals surface area contributed by atoms with Crippen LogP contribution in [0, 0.1) is 6.92 Å². The van der Waals surface area contributed by atoms with Crippen molar-refractivity contribution >= 4 is 29.8 Å². The second kappa shape index (κ2) is 7.24. The molecular formula is C14H18ClN5O2. The van der Waals surface area contributed by atoms with Crippen molar-refractivity contribution in [3.05, 3.63) is 35.9 Å². The van der Waals surface area contributed by atoms with Crippen LogP contribution in [0.15, 0.2) is 28.9 Å². The summed E-state index contributed by atoms with van der Waals surface area (Å²) in [7, 11) is 0. The van der Waals surface area contributed by atoms with E-state index in [0.29, 0.717) is 11.5 Å². The van der Waals surface area contributed by atoms with Gasteiger partial charge in [0.2, 0.25) is 5.76 Å². The summed E-state index contributed by atoms with van der Waals surface area (Å²) in [6, 6.07) is 5.34. The number of amides is 1. The van der Waals surface area contributed by atoms with Gasteiger partial charge in [0.15, 0.2) is 0 Å². The van der Waals surface area contributed by atoms with Crippen LogP contribution in [0.4, 0.5) is 11.5 Å². The molecule has 0 aromatic carbocycles. The molecule has 2 aromatic rings. The molecular weight excluding hydrogens is 306 g/mol. The van der Waals surface area contributed by atoms with Crippen LogP contribution in [0.25, 0.3) is 0 Å². The normalized spacial score (nSPS) is 14.3. The first-order chi connectivity index (χ1) is 10.2. The van der Waals surface area contributed by atoms with Crippen LogP contribution in [0.5, 0.6) is 0 Å². The zero-order valence-corrected chi connectivity index (χ0v) is 13.0. The summed E-state index contributed by atoms with van der Waals surface area (Å²) in [6.07, 6.45) is 1.77. The van der Waals surface area contributed by atoms with Crippen LogP contribution in [0.3, 0.4) is 0 Å². The van der Waals surface area contributed by atoms with Gasteiger partial charge in [-0.3, -0.25) is 4.79 Å². The molecule has 0 saturated carbocycles. The van der Waals surface area contributed by atoms with E-state index in [1.165, 1.54) is 0 Å². The molecule has 0 unspecified atom stereocenters. The van der Waals surface area contributed by atoms with Gasteiger partial charge in [0.1, 0.15) is 5.82 Å². The van der Waals surface area contributed by atoms with E-state index >= 15 is 0 Å². The van der Waals surface area contributed by atoms with Gasteiger partial charge in [0, 0.05) is 32.2 Å². The quantitative estimate of drug-likeness (QED) is 0.890. The Kier molecular flexibility index (Phi) is 5.35. The first-order valence-corrected chi connectivity index (χ1v) is 6.89. The number of hydrogen-bond acceptors (Lipinski definition) is 6. The van der Waals surface area contributed by atoms with E-state index < -0.39 is 0 Å². The van der Waals surface area contributed by atoms with E-state index in [-0.39, 0.29) is 24.1 Å². The number of aryl methyl sites for hydroxylation is 1. The molecule has 3 rings (SSSR count). The second-order valence-corrected chi connectivity index (χ2v) is 4.93. The van der Waals surface area contributed by atoms with Gasteiger partial charge >= 0.3 is 0 Å². The maximum atomic E-state index is 11.9. The first-order valence-electron chi connectivity index (χ1n) is 6.89. The van der Waals surface area contributed by atoms with Gasteiger partial charge in [-0.1, -0.05) is 5.16 Å². The number of carbonyl (C=O) groups excluding carboxylic acids is 1. The highest BCUT2D eigenvalue weighted by molar-refractivity contribution is 6.01. The third kappa shape index (κ3) is 3.75. The average Bonchev–Trinajstić information content (AvgIpc) is 2.96. The molecule has 1 aliphatic rings. The molecule has 118 valence electrons. The summed E-state index contributed by atoms with van der Waals surface area (Å²) in [5.41, 5.74) is 1.73. The number of nitrogens with zero attached hydrogens (tertiary/aromatic N) is 3. The van der Waals surface area contributed by atoms with Crippen LogP contribution in [0.2, 0.25) is 0 Å². The summed E-state index contributed by atoms with van der Waals surface area (Å²) in [5, 5.41) is 9.68. The van der Waals surface area contributed by atoms with E-state index in [4.69, 9.17) is 4.52 Å². The highest BCUT2D eigenvalue weighted by atomic mass is 35.5. The molecule has 0 radical (unpaired) electrons. The Labute approximate surface area is 134 Å². The van der Waals surface area contributed by atoms with Crippen LogP contribution in [-0.4, -0.2) is 42.2 Å². The molecule has 1 saturated heterocycles. The molecule has 1 amide bonds. The lowest BCUT2D eigenvalue weighted by molar-refractivity contribution is 0.0987. The van der Waals surface area contributed by atoms with Crippen molar-refractivity contribution in [2.45, 2.75) is 6.92 Å². The van der Waals surface area contributed by atoms with Gasteiger partial charge in [-0.05, 0) is 19.1 Å². The third-order valence-corrected chi connectivity index (χ3v) is 3.32. The van der Waals surface area contributed by atoms with Crippen molar-refractivity contribution < 1.29 is 9.32 Å². The predicted molar refractivity (Wildman–Crippen MR) is 85.8 cm³/mol. The standard InChI is InChI=1S/C14H17N5O2.ClH/c1-10-8-12(21-18-10)14(20)17-13-3-2-11(9-16-13)19-6-4-15-5-7-19;/h2-3,8-9,15H,4-7H2,1H3,(H,16,17,20);1H. The van der Waals surface area contributed by atoms with Gasteiger partial charge in [-0.2, -0.15) is 0 Å². The number of carbonyl (C=O) groups is 1. The molecule has 2 aromatic heterocycles. The SMILES string of the molecule is Cc1cc(C(=O)Nc2ccc(N3CCNCC3)cn2)on1.Cl. The zero-order valence-electron chi connectivity index (χ0n) is 12.2. The highest BCUT2D eigenvalue weighted by Crippen LogP contribution is 2.16. The number of rotatable bonds is 3. The van der Waals surface area contributed by atoms with Gasteiger partial charge in [0.25, 0.3) is 5.91 Å². The van der Waals surface area contributed by atoms with Gasteiger partial charge in [0.05, 0.1) is 17.6 Å².